The second kappa shape index (κ2) is 5.17. The zero-order chi connectivity index (χ0) is 13.3. The summed E-state index contributed by atoms with van der Waals surface area (Å²) in [6.45, 7) is 2.19. The van der Waals surface area contributed by atoms with E-state index in [0.717, 1.165) is 25.7 Å². The van der Waals surface area contributed by atoms with Gasteiger partial charge in [-0.3, -0.25) is 4.79 Å². The standard InChI is InChI=1S/C14H24O4/c1-14-6-3-4-9(8-11(16)18-2)12(14)13(17)10(15)5-7-14/h9-10,12-13,15,17H,3-8H2,1-2H3/t9?,10-,12?,13?,14-/m1/s1. The summed E-state index contributed by atoms with van der Waals surface area (Å²) in [5.41, 5.74) is 0.0651. The third-order valence-corrected chi connectivity index (χ3v) is 5.07. The van der Waals surface area contributed by atoms with E-state index in [4.69, 9.17) is 4.74 Å². The summed E-state index contributed by atoms with van der Waals surface area (Å²) >= 11 is 0. The highest BCUT2D eigenvalue weighted by atomic mass is 16.5. The molecule has 0 aromatic carbocycles. The minimum Gasteiger partial charge on any atom is -0.469 e. The van der Waals surface area contributed by atoms with Crippen molar-refractivity contribution in [2.75, 3.05) is 7.11 Å². The molecule has 0 aromatic rings. The van der Waals surface area contributed by atoms with Crippen LogP contribution in [-0.4, -0.2) is 35.5 Å². The van der Waals surface area contributed by atoms with Crippen molar-refractivity contribution < 1.29 is 19.7 Å². The van der Waals surface area contributed by atoms with Gasteiger partial charge in [0.25, 0.3) is 0 Å². The molecule has 0 amide bonds. The van der Waals surface area contributed by atoms with Crippen molar-refractivity contribution in [3.63, 3.8) is 0 Å². The van der Waals surface area contributed by atoms with Gasteiger partial charge in [0.1, 0.15) is 0 Å². The normalized spacial score (nSPS) is 44.2. The Morgan fingerprint density at radius 3 is 2.72 bits per heavy atom. The molecular weight excluding hydrogens is 232 g/mol. The van der Waals surface area contributed by atoms with Gasteiger partial charge in [0.15, 0.2) is 0 Å². The highest BCUT2D eigenvalue weighted by Gasteiger charge is 2.50. The second-order valence-electron chi connectivity index (χ2n) is 6.21. The Kier molecular flexibility index (Phi) is 3.97. The highest BCUT2D eigenvalue weighted by molar-refractivity contribution is 5.69. The number of methoxy groups -OCH3 is 1. The van der Waals surface area contributed by atoms with Crippen LogP contribution in [-0.2, 0) is 9.53 Å². The first-order valence-corrected chi connectivity index (χ1v) is 6.91. The van der Waals surface area contributed by atoms with Gasteiger partial charge in [-0.25, -0.2) is 0 Å². The molecule has 18 heavy (non-hydrogen) atoms. The minimum absolute atomic E-state index is 0.0223. The smallest absolute Gasteiger partial charge is 0.305 e. The Balaban J connectivity index is 2.17. The van der Waals surface area contributed by atoms with E-state index in [1.165, 1.54) is 7.11 Å². The van der Waals surface area contributed by atoms with E-state index in [-0.39, 0.29) is 23.2 Å². The van der Waals surface area contributed by atoms with Crippen LogP contribution in [0.5, 0.6) is 0 Å². The van der Waals surface area contributed by atoms with Crippen LogP contribution >= 0.6 is 0 Å². The van der Waals surface area contributed by atoms with E-state index >= 15 is 0 Å². The van der Waals surface area contributed by atoms with E-state index in [1.54, 1.807) is 0 Å². The summed E-state index contributed by atoms with van der Waals surface area (Å²) in [6.07, 6.45) is 3.75. The molecule has 2 saturated carbocycles. The summed E-state index contributed by atoms with van der Waals surface area (Å²) in [6, 6.07) is 0. The SMILES string of the molecule is COC(=O)CC1CCC[C@]2(C)CC[C@@H](O)C(O)C12. The van der Waals surface area contributed by atoms with Crippen molar-refractivity contribution >= 4 is 5.97 Å². The predicted octanol–water partition coefficient (Wildman–Crippen LogP) is 1.49. The lowest BCUT2D eigenvalue weighted by Gasteiger charge is -2.52. The van der Waals surface area contributed by atoms with Gasteiger partial charge in [-0.1, -0.05) is 13.3 Å². The lowest BCUT2D eigenvalue weighted by atomic mass is 9.54. The Hall–Kier alpha value is -0.610. The average Bonchev–Trinajstić information content (AvgIpc) is 2.34. The number of fused-ring (bicyclic) bond motifs is 1. The first-order chi connectivity index (χ1) is 8.48. The summed E-state index contributed by atoms with van der Waals surface area (Å²) in [5, 5.41) is 20.2. The van der Waals surface area contributed by atoms with E-state index < -0.39 is 12.2 Å². The summed E-state index contributed by atoms with van der Waals surface area (Å²) in [5.74, 6) is -0.0493. The molecule has 0 heterocycles. The Labute approximate surface area is 108 Å². The van der Waals surface area contributed by atoms with Gasteiger partial charge in [-0.15, -0.1) is 0 Å². The van der Waals surface area contributed by atoms with Gasteiger partial charge in [0.05, 0.1) is 19.3 Å². The summed E-state index contributed by atoms with van der Waals surface area (Å²) in [4.78, 5) is 11.5. The van der Waals surface area contributed by atoms with Gasteiger partial charge >= 0.3 is 5.97 Å². The molecule has 0 spiro atoms. The number of esters is 1. The van der Waals surface area contributed by atoms with Gasteiger partial charge in [-0.2, -0.15) is 0 Å². The van der Waals surface area contributed by atoms with Gasteiger partial charge in [-0.05, 0) is 42.9 Å². The third-order valence-electron chi connectivity index (χ3n) is 5.07. The van der Waals surface area contributed by atoms with E-state index in [0.29, 0.717) is 12.8 Å². The Morgan fingerprint density at radius 1 is 1.33 bits per heavy atom. The lowest BCUT2D eigenvalue weighted by Crippen LogP contribution is -2.53. The van der Waals surface area contributed by atoms with Crippen molar-refractivity contribution in [2.45, 2.75) is 57.7 Å². The topological polar surface area (TPSA) is 66.8 Å². The largest absolute Gasteiger partial charge is 0.469 e. The molecule has 0 radical (unpaired) electrons. The number of rotatable bonds is 2. The number of carbonyl (C=O) groups is 1. The second-order valence-corrected chi connectivity index (χ2v) is 6.21. The van der Waals surface area contributed by atoms with Crippen molar-refractivity contribution in [3.05, 3.63) is 0 Å². The minimum atomic E-state index is -0.696. The maximum absolute atomic E-state index is 11.5. The highest BCUT2D eigenvalue weighted by Crippen LogP contribution is 2.53. The van der Waals surface area contributed by atoms with Gasteiger partial charge < -0.3 is 14.9 Å². The predicted molar refractivity (Wildman–Crippen MR) is 66.8 cm³/mol. The molecule has 0 aliphatic heterocycles. The molecule has 2 fully saturated rings. The molecule has 2 aliphatic carbocycles. The number of carbonyl (C=O) groups excluding carboxylic acids is 1. The first-order valence-electron chi connectivity index (χ1n) is 6.91. The van der Waals surface area contributed by atoms with Crippen LogP contribution < -0.4 is 0 Å². The third kappa shape index (κ3) is 2.41. The van der Waals surface area contributed by atoms with Crippen LogP contribution in [0.15, 0.2) is 0 Å². The molecule has 5 atom stereocenters. The fourth-order valence-corrected chi connectivity index (χ4v) is 4.08. The van der Waals surface area contributed by atoms with E-state index in [2.05, 4.69) is 6.92 Å². The fourth-order valence-electron chi connectivity index (χ4n) is 4.08. The van der Waals surface area contributed by atoms with Gasteiger partial charge in [0, 0.05) is 6.42 Å². The molecule has 104 valence electrons. The molecule has 0 aromatic heterocycles. The quantitative estimate of drug-likeness (QED) is 0.735. The van der Waals surface area contributed by atoms with Crippen molar-refractivity contribution in [3.8, 4) is 0 Å². The summed E-state index contributed by atoms with van der Waals surface area (Å²) < 4.78 is 4.74. The number of ether oxygens (including phenoxy) is 1. The van der Waals surface area contributed by atoms with Crippen LogP contribution in [0.3, 0.4) is 0 Å². The van der Waals surface area contributed by atoms with Crippen LogP contribution in [0.2, 0.25) is 0 Å². The number of hydrogen-bond acceptors (Lipinski definition) is 4. The van der Waals surface area contributed by atoms with Crippen LogP contribution in [0, 0.1) is 17.3 Å². The van der Waals surface area contributed by atoms with Crippen molar-refractivity contribution in [1.29, 1.82) is 0 Å². The zero-order valence-electron chi connectivity index (χ0n) is 11.3. The zero-order valence-corrected chi connectivity index (χ0v) is 11.3. The Bertz CT molecular complexity index is 317. The monoisotopic (exact) mass is 256 g/mol. The van der Waals surface area contributed by atoms with E-state index in [1.807, 2.05) is 0 Å². The molecule has 4 heteroatoms. The van der Waals surface area contributed by atoms with Crippen LogP contribution in [0.25, 0.3) is 0 Å². The summed E-state index contributed by atoms with van der Waals surface area (Å²) in [7, 11) is 1.40. The van der Waals surface area contributed by atoms with Crippen LogP contribution in [0.1, 0.15) is 45.4 Å². The fraction of sp³-hybridized carbons (Fsp3) is 0.929. The molecule has 2 N–H and O–H groups in total. The molecule has 2 aliphatic rings. The molecule has 2 rings (SSSR count). The van der Waals surface area contributed by atoms with Gasteiger partial charge in [0.2, 0.25) is 0 Å². The lowest BCUT2D eigenvalue weighted by molar-refractivity contribution is -0.154. The number of aliphatic hydroxyl groups excluding tert-OH is 2. The maximum Gasteiger partial charge on any atom is 0.305 e. The van der Waals surface area contributed by atoms with Crippen LogP contribution in [0.4, 0.5) is 0 Å². The molecular formula is C14H24O4. The number of aliphatic hydroxyl groups is 2. The molecule has 4 nitrogen and oxygen atoms in total. The molecule has 0 bridgehead atoms. The van der Waals surface area contributed by atoms with E-state index in [9.17, 15) is 15.0 Å². The molecule has 0 saturated heterocycles. The van der Waals surface area contributed by atoms with Crippen molar-refractivity contribution in [2.24, 2.45) is 17.3 Å². The first kappa shape index (κ1) is 13.8. The maximum atomic E-state index is 11.5. The Morgan fingerprint density at radius 2 is 2.06 bits per heavy atom. The van der Waals surface area contributed by atoms with Crippen molar-refractivity contribution in [1.82, 2.24) is 0 Å². The average molecular weight is 256 g/mol. The molecule has 3 unspecified atom stereocenters. The number of hydrogen-bond donors (Lipinski definition) is 2.